The maximum atomic E-state index is 11.3. The molecule has 1 fully saturated rings. The summed E-state index contributed by atoms with van der Waals surface area (Å²) in [5.74, 6) is -2.75. The molecule has 8 heteroatoms. The quantitative estimate of drug-likeness (QED) is 0.638. The minimum atomic E-state index is -1.27. The van der Waals surface area contributed by atoms with Crippen LogP contribution < -0.4 is 4.90 Å². The van der Waals surface area contributed by atoms with Crippen LogP contribution in [0.3, 0.4) is 0 Å². The third-order valence-electron chi connectivity index (χ3n) is 3.53. The molecule has 1 aromatic carbocycles. The van der Waals surface area contributed by atoms with E-state index < -0.39 is 22.8 Å². The number of carboxylic acids is 2. The predicted octanol–water partition coefficient (Wildman–Crippen LogP) is 1.59. The Kier molecular flexibility index (Phi) is 4.06. The summed E-state index contributed by atoms with van der Waals surface area (Å²) >= 11 is 0. The number of hydrogen-bond donors (Lipinski definition) is 2. The summed E-state index contributed by atoms with van der Waals surface area (Å²) < 4.78 is 0. The van der Waals surface area contributed by atoms with Crippen LogP contribution in [0.1, 0.15) is 23.2 Å². The summed E-state index contributed by atoms with van der Waals surface area (Å²) in [6, 6.07) is 3.60. The molecule has 1 heterocycles. The smallest absolute Gasteiger partial charge is 0.338 e. The molecule has 1 aliphatic rings. The van der Waals surface area contributed by atoms with E-state index in [0.29, 0.717) is 25.1 Å². The van der Waals surface area contributed by atoms with Crippen LogP contribution in [0, 0.1) is 16.0 Å². The van der Waals surface area contributed by atoms with Gasteiger partial charge < -0.3 is 15.1 Å². The molecule has 21 heavy (non-hydrogen) atoms. The second-order valence-electron chi connectivity index (χ2n) is 4.89. The SMILES string of the molecule is O=C(O)c1cc([N+](=O)[O-])ccc1N1CCC[C@H](C(=O)O)C1. The average Bonchev–Trinajstić information content (AvgIpc) is 2.46. The van der Waals surface area contributed by atoms with Crippen LogP contribution in [0.25, 0.3) is 0 Å². The van der Waals surface area contributed by atoms with Crippen LogP contribution in [-0.2, 0) is 4.79 Å². The number of aromatic carboxylic acids is 1. The van der Waals surface area contributed by atoms with E-state index in [4.69, 9.17) is 5.11 Å². The van der Waals surface area contributed by atoms with Crippen molar-refractivity contribution in [1.29, 1.82) is 0 Å². The highest BCUT2D eigenvalue weighted by atomic mass is 16.6. The summed E-state index contributed by atoms with van der Waals surface area (Å²) in [4.78, 5) is 34.1. The number of benzene rings is 1. The number of carbonyl (C=O) groups is 2. The Labute approximate surface area is 119 Å². The number of rotatable bonds is 4. The topological polar surface area (TPSA) is 121 Å². The summed E-state index contributed by atoms with van der Waals surface area (Å²) in [6.45, 7) is 0.731. The molecule has 8 nitrogen and oxygen atoms in total. The molecule has 2 N–H and O–H groups in total. The number of carboxylic acid groups (broad SMARTS) is 2. The molecule has 2 rings (SSSR count). The first-order valence-electron chi connectivity index (χ1n) is 6.39. The van der Waals surface area contributed by atoms with E-state index in [2.05, 4.69) is 0 Å². The number of non-ortho nitro benzene ring substituents is 1. The van der Waals surface area contributed by atoms with E-state index in [1.54, 1.807) is 4.90 Å². The number of hydrogen-bond acceptors (Lipinski definition) is 5. The fraction of sp³-hybridized carbons (Fsp3) is 0.385. The van der Waals surface area contributed by atoms with Gasteiger partial charge in [-0.05, 0) is 18.9 Å². The Morgan fingerprint density at radius 1 is 1.33 bits per heavy atom. The largest absolute Gasteiger partial charge is 0.481 e. The van der Waals surface area contributed by atoms with Gasteiger partial charge >= 0.3 is 11.9 Å². The minimum absolute atomic E-state index is 0.185. The first kappa shape index (κ1) is 14.8. The van der Waals surface area contributed by atoms with Crippen LogP contribution in [0.15, 0.2) is 18.2 Å². The van der Waals surface area contributed by atoms with Crippen LogP contribution in [0.5, 0.6) is 0 Å². The minimum Gasteiger partial charge on any atom is -0.481 e. The van der Waals surface area contributed by atoms with Gasteiger partial charge in [0.15, 0.2) is 0 Å². The predicted molar refractivity (Wildman–Crippen MR) is 72.6 cm³/mol. The van der Waals surface area contributed by atoms with Gasteiger partial charge in [0.1, 0.15) is 0 Å². The van der Waals surface area contributed by atoms with Gasteiger partial charge in [-0.3, -0.25) is 14.9 Å². The normalized spacial score (nSPS) is 18.3. The van der Waals surface area contributed by atoms with Crippen molar-refractivity contribution in [2.24, 2.45) is 5.92 Å². The molecule has 0 radical (unpaired) electrons. The number of aliphatic carboxylic acids is 1. The molecule has 0 amide bonds. The highest BCUT2D eigenvalue weighted by molar-refractivity contribution is 5.95. The lowest BCUT2D eigenvalue weighted by molar-refractivity contribution is -0.384. The van der Waals surface area contributed by atoms with Gasteiger partial charge in [-0.15, -0.1) is 0 Å². The van der Waals surface area contributed by atoms with E-state index in [1.165, 1.54) is 12.1 Å². The standard InChI is InChI=1S/C13H14N2O6/c16-12(17)8-2-1-5-14(7-8)11-4-3-9(15(20)21)6-10(11)13(18)19/h3-4,6,8H,1-2,5,7H2,(H,16,17)(H,18,19)/t8-/m0/s1. The first-order chi connectivity index (χ1) is 9.90. The van der Waals surface area contributed by atoms with Crippen molar-refractivity contribution in [3.05, 3.63) is 33.9 Å². The summed E-state index contributed by atoms with van der Waals surface area (Å²) in [5.41, 5.74) is -0.169. The van der Waals surface area contributed by atoms with Gasteiger partial charge in [0, 0.05) is 25.2 Å². The Morgan fingerprint density at radius 3 is 2.62 bits per heavy atom. The molecule has 0 unspecified atom stereocenters. The summed E-state index contributed by atoms with van der Waals surface area (Å²) in [7, 11) is 0. The Morgan fingerprint density at radius 2 is 2.05 bits per heavy atom. The highest BCUT2D eigenvalue weighted by Gasteiger charge is 2.28. The zero-order valence-electron chi connectivity index (χ0n) is 11.1. The van der Waals surface area contributed by atoms with Crippen molar-refractivity contribution >= 4 is 23.3 Å². The molecule has 0 saturated carbocycles. The van der Waals surface area contributed by atoms with E-state index >= 15 is 0 Å². The lowest BCUT2D eigenvalue weighted by Gasteiger charge is -2.33. The number of nitro benzene ring substituents is 1. The zero-order valence-corrected chi connectivity index (χ0v) is 11.1. The van der Waals surface area contributed by atoms with Crippen LogP contribution in [0.2, 0.25) is 0 Å². The first-order valence-corrected chi connectivity index (χ1v) is 6.39. The maximum absolute atomic E-state index is 11.3. The van der Waals surface area contributed by atoms with Gasteiger partial charge in [-0.25, -0.2) is 4.79 Å². The van der Waals surface area contributed by atoms with Crippen molar-refractivity contribution in [2.75, 3.05) is 18.0 Å². The monoisotopic (exact) mass is 294 g/mol. The van der Waals surface area contributed by atoms with Gasteiger partial charge in [0.25, 0.3) is 5.69 Å². The number of anilines is 1. The van der Waals surface area contributed by atoms with E-state index in [0.717, 1.165) is 6.07 Å². The van der Waals surface area contributed by atoms with Crippen molar-refractivity contribution in [3.63, 3.8) is 0 Å². The molecule has 0 aliphatic carbocycles. The molecule has 112 valence electrons. The molecule has 1 aliphatic heterocycles. The number of nitrogens with zero attached hydrogens (tertiary/aromatic N) is 2. The molecule has 1 aromatic rings. The summed E-state index contributed by atoms with van der Waals surface area (Å²) in [5, 5.41) is 29.0. The van der Waals surface area contributed by atoms with Gasteiger partial charge in [-0.2, -0.15) is 0 Å². The Bertz CT molecular complexity index is 600. The van der Waals surface area contributed by atoms with Crippen LogP contribution >= 0.6 is 0 Å². The van der Waals surface area contributed by atoms with Crippen molar-refractivity contribution < 1.29 is 24.7 Å². The lowest BCUT2D eigenvalue weighted by atomic mass is 9.97. The van der Waals surface area contributed by atoms with Gasteiger partial charge in [0.2, 0.25) is 0 Å². The Hall–Kier alpha value is -2.64. The third-order valence-corrected chi connectivity index (χ3v) is 3.53. The molecule has 0 bridgehead atoms. The molecular formula is C13H14N2O6. The van der Waals surface area contributed by atoms with E-state index in [9.17, 15) is 24.8 Å². The van der Waals surface area contributed by atoms with Crippen LogP contribution in [-0.4, -0.2) is 40.2 Å². The molecular weight excluding hydrogens is 280 g/mol. The van der Waals surface area contributed by atoms with Crippen molar-refractivity contribution in [3.8, 4) is 0 Å². The van der Waals surface area contributed by atoms with Crippen molar-refractivity contribution in [2.45, 2.75) is 12.8 Å². The fourth-order valence-corrected chi connectivity index (χ4v) is 2.48. The van der Waals surface area contributed by atoms with E-state index in [-0.39, 0.29) is 17.8 Å². The number of nitro groups is 1. The molecule has 0 aromatic heterocycles. The van der Waals surface area contributed by atoms with Crippen molar-refractivity contribution in [1.82, 2.24) is 0 Å². The summed E-state index contributed by atoms with van der Waals surface area (Å²) in [6.07, 6.45) is 1.17. The fourth-order valence-electron chi connectivity index (χ4n) is 2.48. The molecule has 0 spiro atoms. The third kappa shape index (κ3) is 3.10. The number of piperidine rings is 1. The molecule has 1 saturated heterocycles. The van der Waals surface area contributed by atoms with Gasteiger partial charge in [0.05, 0.1) is 22.1 Å². The van der Waals surface area contributed by atoms with Gasteiger partial charge in [-0.1, -0.05) is 0 Å². The lowest BCUT2D eigenvalue weighted by Crippen LogP contribution is -2.39. The Balaban J connectivity index is 2.36. The average molecular weight is 294 g/mol. The molecule has 1 atom stereocenters. The zero-order chi connectivity index (χ0) is 15.6. The highest BCUT2D eigenvalue weighted by Crippen LogP contribution is 2.29. The maximum Gasteiger partial charge on any atom is 0.338 e. The second kappa shape index (κ2) is 5.78. The van der Waals surface area contributed by atoms with Crippen LogP contribution in [0.4, 0.5) is 11.4 Å². The van der Waals surface area contributed by atoms with E-state index in [1.807, 2.05) is 0 Å². The second-order valence-corrected chi connectivity index (χ2v) is 4.89.